The third kappa shape index (κ3) is 4.15. The Labute approximate surface area is 91.7 Å². The zero-order valence-corrected chi connectivity index (χ0v) is 9.55. The second kappa shape index (κ2) is 6.23. The molecule has 0 saturated carbocycles. The van der Waals surface area contributed by atoms with Crippen LogP contribution in [0.15, 0.2) is 24.3 Å². The minimum atomic E-state index is 0.136. The van der Waals surface area contributed by atoms with Crippen LogP contribution in [0, 0.1) is 0 Å². The zero-order valence-electron chi connectivity index (χ0n) is 9.55. The van der Waals surface area contributed by atoms with Crippen molar-refractivity contribution in [1.29, 1.82) is 0 Å². The lowest BCUT2D eigenvalue weighted by atomic mass is 10.1. The number of aryl methyl sites for hydroxylation is 2. The van der Waals surface area contributed by atoms with E-state index in [9.17, 15) is 4.79 Å². The number of amides is 1. The van der Waals surface area contributed by atoms with Crippen LogP contribution < -0.4 is 5.32 Å². The van der Waals surface area contributed by atoms with Crippen LogP contribution >= 0.6 is 0 Å². The molecule has 0 saturated heterocycles. The summed E-state index contributed by atoms with van der Waals surface area (Å²) >= 11 is 0. The second-order valence-electron chi connectivity index (χ2n) is 3.62. The molecule has 15 heavy (non-hydrogen) atoms. The molecular weight excluding hydrogens is 186 g/mol. The van der Waals surface area contributed by atoms with Crippen molar-refractivity contribution in [2.45, 2.75) is 33.1 Å². The van der Waals surface area contributed by atoms with Crippen LogP contribution in [0.5, 0.6) is 0 Å². The predicted molar refractivity (Wildman–Crippen MR) is 62.8 cm³/mol. The van der Waals surface area contributed by atoms with Gasteiger partial charge in [-0.1, -0.05) is 31.2 Å². The number of carbonyl (C=O) groups is 1. The summed E-state index contributed by atoms with van der Waals surface area (Å²) in [5.41, 5.74) is 2.58. The molecule has 0 radical (unpaired) electrons. The lowest BCUT2D eigenvalue weighted by molar-refractivity contribution is -0.120. The monoisotopic (exact) mass is 205 g/mol. The predicted octanol–water partition coefficient (Wildman–Crippen LogP) is 2.32. The number of carbonyl (C=O) groups excluding carboxylic acids is 1. The number of nitrogens with one attached hydrogen (secondary N) is 1. The van der Waals surface area contributed by atoms with E-state index in [1.807, 2.05) is 6.92 Å². The van der Waals surface area contributed by atoms with Crippen LogP contribution in [0.3, 0.4) is 0 Å². The SMILES string of the molecule is CCNC(=O)CCc1ccc(CC)cc1. The van der Waals surface area contributed by atoms with Gasteiger partial charge in [0.15, 0.2) is 0 Å². The summed E-state index contributed by atoms with van der Waals surface area (Å²) in [5, 5.41) is 2.80. The highest BCUT2D eigenvalue weighted by molar-refractivity contribution is 5.76. The Morgan fingerprint density at radius 2 is 1.73 bits per heavy atom. The first-order valence-corrected chi connectivity index (χ1v) is 5.60. The molecule has 2 nitrogen and oxygen atoms in total. The van der Waals surface area contributed by atoms with Crippen LogP contribution in [-0.2, 0) is 17.6 Å². The fourth-order valence-electron chi connectivity index (χ4n) is 1.49. The van der Waals surface area contributed by atoms with Crippen molar-refractivity contribution in [2.24, 2.45) is 0 Å². The molecule has 0 aliphatic heterocycles. The molecule has 1 amide bonds. The Morgan fingerprint density at radius 1 is 1.13 bits per heavy atom. The minimum Gasteiger partial charge on any atom is -0.356 e. The average Bonchev–Trinajstić information content (AvgIpc) is 2.27. The summed E-state index contributed by atoms with van der Waals surface area (Å²) in [6, 6.07) is 8.48. The van der Waals surface area contributed by atoms with E-state index in [0.29, 0.717) is 13.0 Å². The van der Waals surface area contributed by atoms with Gasteiger partial charge in [-0.15, -0.1) is 0 Å². The van der Waals surface area contributed by atoms with Crippen molar-refractivity contribution in [2.75, 3.05) is 6.54 Å². The van der Waals surface area contributed by atoms with E-state index in [2.05, 4.69) is 36.5 Å². The summed E-state index contributed by atoms with van der Waals surface area (Å²) in [6.07, 6.45) is 2.48. The Balaban J connectivity index is 2.40. The Morgan fingerprint density at radius 3 is 2.27 bits per heavy atom. The first kappa shape index (κ1) is 11.8. The Bertz CT molecular complexity index is 303. The van der Waals surface area contributed by atoms with Crippen molar-refractivity contribution >= 4 is 5.91 Å². The molecule has 0 fully saturated rings. The molecule has 0 atom stereocenters. The topological polar surface area (TPSA) is 29.1 Å². The Kier molecular flexibility index (Phi) is 4.88. The van der Waals surface area contributed by atoms with Gasteiger partial charge in [-0.25, -0.2) is 0 Å². The summed E-state index contributed by atoms with van der Waals surface area (Å²) < 4.78 is 0. The lowest BCUT2D eigenvalue weighted by Gasteiger charge is -2.03. The zero-order chi connectivity index (χ0) is 11.1. The molecule has 0 bridgehead atoms. The molecule has 0 heterocycles. The number of rotatable bonds is 5. The maximum absolute atomic E-state index is 11.2. The molecule has 1 aromatic rings. The summed E-state index contributed by atoms with van der Waals surface area (Å²) in [4.78, 5) is 11.2. The fraction of sp³-hybridized carbons (Fsp3) is 0.462. The standard InChI is InChI=1S/C13H19NO/c1-3-11-5-7-12(8-6-11)9-10-13(15)14-4-2/h5-8H,3-4,9-10H2,1-2H3,(H,14,15). The van der Waals surface area contributed by atoms with Crippen LogP contribution in [-0.4, -0.2) is 12.5 Å². The summed E-state index contributed by atoms with van der Waals surface area (Å²) in [6.45, 7) is 4.80. The van der Waals surface area contributed by atoms with E-state index < -0.39 is 0 Å². The van der Waals surface area contributed by atoms with Crippen LogP contribution in [0.2, 0.25) is 0 Å². The number of benzene rings is 1. The molecule has 0 aromatic heterocycles. The third-order valence-corrected chi connectivity index (χ3v) is 2.45. The summed E-state index contributed by atoms with van der Waals surface area (Å²) in [7, 11) is 0. The molecule has 2 heteroatoms. The molecule has 0 aliphatic rings. The van der Waals surface area contributed by atoms with Gasteiger partial charge in [0.1, 0.15) is 0 Å². The molecule has 1 rings (SSSR count). The van der Waals surface area contributed by atoms with E-state index in [1.54, 1.807) is 0 Å². The maximum atomic E-state index is 11.2. The lowest BCUT2D eigenvalue weighted by Crippen LogP contribution is -2.22. The van der Waals surface area contributed by atoms with Gasteiger partial charge in [0, 0.05) is 13.0 Å². The van der Waals surface area contributed by atoms with Crippen molar-refractivity contribution in [3.8, 4) is 0 Å². The molecule has 82 valence electrons. The van der Waals surface area contributed by atoms with Crippen molar-refractivity contribution in [3.05, 3.63) is 35.4 Å². The van der Waals surface area contributed by atoms with Crippen molar-refractivity contribution in [3.63, 3.8) is 0 Å². The molecule has 1 N–H and O–H groups in total. The highest BCUT2D eigenvalue weighted by Crippen LogP contribution is 2.07. The van der Waals surface area contributed by atoms with E-state index in [-0.39, 0.29) is 5.91 Å². The molecular formula is C13H19NO. The van der Waals surface area contributed by atoms with Crippen LogP contribution in [0.1, 0.15) is 31.4 Å². The molecule has 0 unspecified atom stereocenters. The van der Waals surface area contributed by atoms with E-state index in [4.69, 9.17) is 0 Å². The number of hydrogen-bond donors (Lipinski definition) is 1. The van der Waals surface area contributed by atoms with Crippen LogP contribution in [0.4, 0.5) is 0 Å². The highest BCUT2D eigenvalue weighted by atomic mass is 16.1. The van der Waals surface area contributed by atoms with Gasteiger partial charge in [-0.05, 0) is 30.9 Å². The average molecular weight is 205 g/mol. The largest absolute Gasteiger partial charge is 0.356 e. The highest BCUT2D eigenvalue weighted by Gasteiger charge is 2.00. The van der Waals surface area contributed by atoms with Gasteiger partial charge in [-0.3, -0.25) is 4.79 Å². The quantitative estimate of drug-likeness (QED) is 0.785. The Hall–Kier alpha value is -1.31. The van der Waals surface area contributed by atoms with Gasteiger partial charge in [-0.2, -0.15) is 0 Å². The maximum Gasteiger partial charge on any atom is 0.220 e. The van der Waals surface area contributed by atoms with Gasteiger partial charge < -0.3 is 5.32 Å². The smallest absolute Gasteiger partial charge is 0.220 e. The van der Waals surface area contributed by atoms with E-state index in [1.165, 1.54) is 11.1 Å². The normalized spacial score (nSPS) is 10.0. The van der Waals surface area contributed by atoms with Crippen molar-refractivity contribution in [1.82, 2.24) is 5.32 Å². The molecule has 0 aliphatic carbocycles. The van der Waals surface area contributed by atoms with Gasteiger partial charge in [0.25, 0.3) is 0 Å². The minimum absolute atomic E-state index is 0.136. The van der Waals surface area contributed by atoms with Crippen molar-refractivity contribution < 1.29 is 4.79 Å². The third-order valence-electron chi connectivity index (χ3n) is 2.45. The van der Waals surface area contributed by atoms with E-state index >= 15 is 0 Å². The molecule has 1 aromatic carbocycles. The first-order valence-electron chi connectivity index (χ1n) is 5.60. The second-order valence-corrected chi connectivity index (χ2v) is 3.62. The van der Waals surface area contributed by atoms with E-state index in [0.717, 1.165) is 12.8 Å². The van der Waals surface area contributed by atoms with Gasteiger partial charge >= 0.3 is 0 Å². The van der Waals surface area contributed by atoms with Crippen LogP contribution in [0.25, 0.3) is 0 Å². The fourth-order valence-corrected chi connectivity index (χ4v) is 1.49. The summed E-state index contributed by atoms with van der Waals surface area (Å²) in [5.74, 6) is 0.136. The first-order chi connectivity index (χ1) is 7.26. The van der Waals surface area contributed by atoms with Gasteiger partial charge in [0.05, 0.1) is 0 Å². The molecule has 0 spiro atoms. The number of hydrogen-bond acceptors (Lipinski definition) is 1. The van der Waals surface area contributed by atoms with Gasteiger partial charge in [0.2, 0.25) is 5.91 Å².